The number of nitrogens with zero attached hydrogens (tertiary/aromatic N) is 2. The van der Waals surface area contributed by atoms with Crippen molar-refractivity contribution in [2.45, 2.75) is 85.5 Å². The molecule has 3 aromatic rings. The van der Waals surface area contributed by atoms with Gasteiger partial charge in [-0.15, -0.1) is 11.3 Å². The molecule has 0 saturated carbocycles. The third kappa shape index (κ3) is 6.76. The van der Waals surface area contributed by atoms with Gasteiger partial charge in [0, 0.05) is 24.4 Å². The normalized spacial score (nSPS) is 15.9. The molecule has 0 fully saturated rings. The van der Waals surface area contributed by atoms with Gasteiger partial charge < -0.3 is 15.3 Å². The van der Waals surface area contributed by atoms with E-state index in [1.165, 1.54) is 0 Å². The van der Waals surface area contributed by atoms with Crippen LogP contribution < -0.4 is 5.32 Å². The highest BCUT2D eigenvalue weighted by molar-refractivity contribution is 7.13. The number of fused-ring (bicyclic) bond motifs is 1. The summed E-state index contributed by atoms with van der Waals surface area (Å²) in [5.41, 5.74) is 7.50. The molecular formula is C33H41N3O4S. The minimum absolute atomic E-state index is 0.0405. The standard InChI is InChI=1S/C33H41N3O4S/c1-7-26(37)15-25(16-29(38)30(19(2)3)36-17-24-10-8-9-11-28(24)33(36)40)32(39)35-21(5)27-13-12-23(14-20(27)4)31-22(6)34-18-41-31/h8-14,18-19,21,25-26,30,37H,7,15-17H2,1-6H3,(H,35,39)/t21?,25?,26?,30-/m0/s1. The van der Waals surface area contributed by atoms with E-state index in [4.69, 9.17) is 0 Å². The van der Waals surface area contributed by atoms with Gasteiger partial charge in [-0.05, 0) is 67.9 Å². The number of ketones is 1. The van der Waals surface area contributed by atoms with E-state index in [1.54, 1.807) is 22.3 Å². The van der Waals surface area contributed by atoms with Gasteiger partial charge in [-0.3, -0.25) is 14.4 Å². The van der Waals surface area contributed by atoms with Crippen LogP contribution in [0.2, 0.25) is 0 Å². The van der Waals surface area contributed by atoms with Gasteiger partial charge in [0.05, 0.1) is 34.3 Å². The molecule has 0 aliphatic carbocycles. The molecule has 2 aromatic carbocycles. The summed E-state index contributed by atoms with van der Waals surface area (Å²) >= 11 is 1.60. The van der Waals surface area contributed by atoms with E-state index in [0.29, 0.717) is 18.5 Å². The van der Waals surface area contributed by atoms with E-state index < -0.39 is 18.1 Å². The lowest BCUT2D eigenvalue weighted by molar-refractivity contribution is -0.133. The number of aryl methyl sites for hydroxylation is 2. The molecule has 41 heavy (non-hydrogen) atoms. The number of amides is 2. The third-order valence-electron chi connectivity index (χ3n) is 8.10. The fraction of sp³-hybridized carbons (Fsp3) is 0.455. The maximum Gasteiger partial charge on any atom is 0.255 e. The summed E-state index contributed by atoms with van der Waals surface area (Å²) in [7, 11) is 0. The van der Waals surface area contributed by atoms with Crippen molar-refractivity contribution in [2.75, 3.05) is 0 Å². The Balaban J connectivity index is 1.50. The molecule has 0 saturated heterocycles. The van der Waals surface area contributed by atoms with Crippen molar-refractivity contribution in [1.82, 2.24) is 15.2 Å². The van der Waals surface area contributed by atoms with E-state index in [2.05, 4.69) is 16.4 Å². The lowest BCUT2D eigenvalue weighted by Gasteiger charge is -2.31. The first kappa shape index (κ1) is 30.6. The molecule has 2 N–H and O–H groups in total. The molecule has 0 spiro atoms. The van der Waals surface area contributed by atoms with Crippen molar-refractivity contribution >= 4 is 28.9 Å². The van der Waals surface area contributed by atoms with E-state index >= 15 is 0 Å². The second-order valence-corrected chi connectivity index (χ2v) is 12.4. The van der Waals surface area contributed by atoms with Crippen LogP contribution in [-0.4, -0.2) is 44.7 Å². The zero-order chi connectivity index (χ0) is 29.8. The number of aromatic nitrogens is 1. The topological polar surface area (TPSA) is 99.6 Å². The Morgan fingerprint density at radius 2 is 1.85 bits per heavy atom. The number of Topliss-reactive ketones (excluding diaryl/α,β-unsaturated/α-hetero) is 1. The predicted molar refractivity (Wildman–Crippen MR) is 163 cm³/mol. The monoisotopic (exact) mass is 575 g/mol. The van der Waals surface area contributed by atoms with Gasteiger partial charge in [0.25, 0.3) is 5.91 Å². The van der Waals surface area contributed by atoms with Crippen LogP contribution in [-0.2, 0) is 16.1 Å². The Morgan fingerprint density at radius 1 is 1.12 bits per heavy atom. The fourth-order valence-corrected chi connectivity index (χ4v) is 6.64. The minimum Gasteiger partial charge on any atom is -0.393 e. The highest BCUT2D eigenvalue weighted by Crippen LogP contribution is 2.32. The van der Waals surface area contributed by atoms with Gasteiger partial charge in [-0.2, -0.15) is 0 Å². The average molecular weight is 576 g/mol. The molecule has 1 aromatic heterocycles. The fourth-order valence-electron chi connectivity index (χ4n) is 5.84. The number of hydrogen-bond acceptors (Lipinski definition) is 6. The van der Waals surface area contributed by atoms with Gasteiger partial charge in [0.15, 0.2) is 5.78 Å². The van der Waals surface area contributed by atoms with E-state index in [1.807, 2.05) is 77.4 Å². The number of aliphatic hydroxyl groups excluding tert-OH is 1. The maximum absolute atomic E-state index is 13.8. The Labute approximate surface area is 247 Å². The van der Waals surface area contributed by atoms with Crippen molar-refractivity contribution in [3.8, 4) is 10.4 Å². The van der Waals surface area contributed by atoms with Crippen molar-refractivity contribution in [2.24, 2.45) is 11.8 Å². The summed E-state index contributed by atoms with van der Waals surface area (Å²) in [5.74, 6) is -1.40. The Morgan fingerprint density at radius 3 is 2.46 bits per heavy atom. The zero-order valence-electron chi connectivity index (χ0n) is 24.8. The van der Waals surface area contributed by atoms with Crippen LogP contribution in [0.3, 0.4) is 0 Å². The first-order valence-electron chi connectivity index (χ1n) is 14.4. The molecular weight excluding hydrogens is 534 g/mol. The number of rotatable bonds is 12. The highest BCUT2D eigenvalue weighted by Gasteiger charge is 2.39. The maximum atomic E-state index is 13.8. The van der Waals surface area contributed by atoms with Crippen molar-refractivity contribution in [3.63, 3.8) is 0 Å². The van der Waals surface area contributed by atoms with Crippen LogP contribution in [0.4, 0.5) is 0 Å². The number of thiazole rings is 1. The predicted octanol–water partition coefficient (Wildman–Crippen LogP) is 6.02. The Kier molecular flexibility index (Phi) is 9.76. The second kappa shape index (κ2) is 13.1. The first-order chi connectivity index (χ1) is 19.5. The van der Waals surface area contributed by atoms with Gasteiger partial charge in [-0.1, -0.05) is 57.2 Å². The van der Waals surface area contributed by atoms with Gasteiger partial charge >= 0.3 is 0 Å². The van der Waals surface area contributed by atoms with E-state index in [0.717, 1.165) is 32.8 Å². The van der Waals surface area contributed by atoms with Crippen molar-refractivity contribution < 1.29 is 19.5 Å². The average Bonchev–Trinajstić information content (AvgIpc) is 3.50. The lowest BCUT2D eigenvalue weighted by atomic mass is 9.87. The summed E-state index contributed by atoms with van der Waals surface area (Å²) < 4.78 is 0. The number of nitrogens with one attached hydrogen (secondary N) is 1. The number of carbonyl (C=O) groups excluding carboxylic acids is 3. The zero-order valence-corrected chi connectivity index (χ0v) is 25.6. The number of benzene rings is 2. The van der Waals surface area contributed by atoms with Crippen LogP contribution >= 0.6 is 11.3 Å². The molecule has 0 bridgehead atoms. The molecule has 7 nitrogen and oxygen atoms in total. The molecule has 0 radical (unpaired) electrons. The Bertz CT molecular complexity index is 1410. The smallest absolute Gasteiger partial charge is 0.255 e. The third-order valence-corrected chi connectivity index (χ3v) is 9.07. The largest absolute Gasteiger partial charge is 0.393 e. The van der Waals surface area contributed by atoms with Crippen molar-refractivity contribution in [1.29, 1.82) is 0 Å². The van der Waals surface area contributed by atoms with E-state index in [9.17, 15) is 19.5 Å². The van der Waals surface area contributed by atoms with Crippen LogP contribution in [0, 0.1) is 25.7 Å². The van der Waals surface area contributed by atoms with Gasteiger partial charge in [0.2, 0.25) is 5.91 Å². The van der Waals surface area contributed by atoms with Gasteiger partial charge in [-0.25, -0.2) is 4.98 Å². The number of hydrogen-bond donors (Lipinski definition) is 2. The minimum atomic E-state index is -0.708. The van der Waals surface area contributed by atoms with Crippen LogP contribution in [0.5, 0.6) is 0 Å². The molecule has 8 heteroatoms. The summed E-state index contributed by atoms with van der Waals surface area (Å²) in [6.45, 7) is 12.0. The van der Waals surface area contributed by atoms with Crippen LogP contribution in [0.25, 0.3) is 10.4 Å². The molecule has 2 heterocycles. The summed E-state index contributed by atoms with van der Waals surface area (Å²) in [6, 6.07) is 12.7. The molecule has 4 rings (SSSR count). The lowest BCUT2D eigenvalue weighted by Crippen LogP contribution is -2.46. The summed E-state index contributed by atoms with van der Waals surface area (Å²) in [6.07, 6.45) is -0.0741. The summed E-state index contributed by atoms with van der Waals surface area (Å²) in [5, 5.41) is 13.6. The molecule has 3 unspecified atom stereocenters. The SMILES string of the molecule is CCC(O)CC(CC(=O)[C@H](C(C)C)N1Cc2ccccc2C1=O)C(=O)NC(C)c1ccc(-c2scnc2C)cc1C. The first-order valence-corrected chi connectivity index (χ1v) is 15.3. The van der Waals surface area contributed by atoms with Crippen LogP contribution in [0.15, 0.2) is 48.0 Å². The van der Waals surface area contributed by atoms with Crippen molar-refractivity contribution in [3.05, 3.63) is 75.9 Å². The molecule has 1 aliphatic heterocycles. The molecule has 1 aliphatic rings. The molecule has 4 atom stereocenters. The number of aliphatic hydroxyl groups is 1. The molecule has 218 valence electrons. The second-order valence-electron chi connectivity index (χ2n) is 11.5. The molecule has 2 amide bonds. The van der Waals surface area contributed by atoms with Gasteiger partial charge in [0.1, 0.15) is 0 Å². The quantitative estimate of drug-likeness (QED) is 0.275. The highest BCUT2D eigenvalue weighted by atomic mass is 32.1. The summed E-state index contributed by atoms with van der Waals surface area (Å²) in [4.78, 5) is 47.7. The Hall–Kier alpha value is -3.36. The van der Waals surface area contributed by atoms with E-state index in [-0.39, 0.29) is 42.4 Å². The van der Waals surface area contributed by atoms with Crippen LogP contribution in [0.1, 0.15) is 85.7 Å². The number of carbonyl (C=O) groups is 3.